The van der Waals surface area contributed by atoms with Crippen LogP contribution in [0.4, 0.5) is 4.79 Å². The maximum atomic E-state index is 12.8. The lowest BCUT2D eigenvalue weighted by Gasteiger charge is -2.38. The molecule has 0 unspecified atom stereocenters. The molecule has 0 aromatic carbocycles. The smallest absolute Gasteiger partial charge is 0.407 e. The van der Waals surface area contributed by atoms with E-state index in [9.17, 15) is 19.2 Å². The summed E-state index contributed by atoms with van der Waals surface area (Å²) in [5.41, 5.74) is -2.92. The average Bonchev–Trinajstić information content (AvgIpc) is 2.43. The van der Waals surface area contributed by atoms with Crippen LogP contribution in [0.25, 0.3) is 0 Å². The Morgan fingerprint density at radius 3 is 2.12 bits per heavy atom. The maximum Gasteiger partial charge on any atom is 0.407 e. The summed E-state index contributed by atoms with van der Waals surface area (Å²) in [5.74, 6) is -1.62. The van der Waals surface area contributed by atoms with E-state index in [1.54, 1.807) is 41.5 Å². The third kappa shape index (κ3) is 5.71. The summed E-state index contributed by atoms with van der Waals surface area (Å²) in [7, 11) is 1.35. The fraction of sp³-hybridized carbons (Fsp3) is 0.778. The average molecular weight is 370 g/mol. The van der Waals surface area contributed by atoms with E-state index in [-0.39, 0.29) is 31.7 Å². The van der Waals surface area contributed by atoms with Gasteiger partial charge in [-0.1, -0.05) is 0 Å². The molecule has 8 heteroatoms. The summed E-state index contributed by atoms with van der Waals surface area (Å²) in [4.78, 5) is 50.1. The molecule has 1 atom stereocenters. The van der Waals surface area contributed by atoms with Crippen LogP contribution in [-0.2, 0) is 23.9 Å². The SMILES string of the molecule is CN1C(=O)CC[C@@](CCNC(=O)OC(C)(C)C)(C(=O)OC(C)(C)C)C1=O. The number of hydrogen-bond donors (Lipinski definition) is 1. The highest BCUT2D eigenvalue weighted by Crippen LogP contribution is 2.37. The van der Waals surface area contributed by atoms with Crippen molar-refractivity contribution >= 4 is 23.9 Å². The van der Waals surface area contributed by atoms with Gasteiger partial charge in [-0.2, -0.15) is 0 Å². The van der Waals surface area contributed by atoms with Crippen LogP contribution in [0.2, 0.25) is 0 Å². The predicted octanol–water partition coefficient (Wildman–Crippen LogP) is 2.01. The molecule has 0 bridgehead atoms. The number of esters is 1. The van der Waals surface area contributed by atoms with E-state index in [0.29, 0.717) is 0 Å². The summed E-state index contributed by atoms with van der Waals surface area (Å²) in [6, 6.07) is 0. The number of likely N-dealkylation sites (tertiary alicyclic amines) is 1. The lowest BCUT2D eigenvalue weighted by atomic mass is 9.76. The number of carbonyl (C=O) groups is 4. The minimum absolute atomic E-state index is 0.0254. The second-order valence-electron chi connectivity index (χ2n) is 8.52. The van der Waals surface area contributed by atoms with Crippen LogP contribution in [0.1, 0.15) is 60.8 Å². The van der Waals surface area contributed by atoms with Crippen molar-refractivity contribution in [2.24, 2.45) is 5.41 Å². The summed E-state index contributed by atoms with van der Waals surface area (Å²) in [6.45, 7) is 10.4. The predicted molar refractivity (Wildman–Crippen MR) is 94.1 cm³/mol. The van der Waals surface area contributed by atoms with Gasteiger partial charge < -0.3 is 14.8 Å². The quantitative estimate of drug-likeness (QED) is 0.461. The molecule has 8 nitrogen and oxygen atoms in total. The van der Waals surface area contributed by atoms with Crippen molar-refractivity contribution in [3.05, 3.63) is 0 Å². The van der Waals surface area contributed by atoms with Gasteiger partial charge in [0.05, 0.1) is 0 Å². The number of piperidine rings is 1. The number of nitrogens with zero attached hydrogens (tertiary/aromatic N) is 1. The Kier molecular flexibility index (Phi) is 6.44. The van der Waals surface area contributed by atoms with Crippen LogP contribution >= 0.6 is 0 Å². The van der Waals surface area contributed by atoms with Gasteiger partial charge in [0.1, 0.15) is 16.6 Å². The zero-order valence-corrected chi connectivity index (χ0v) is 16.7. The Bertz CT molecular complexity index is 587. The zero-order valence-electron chi connectivity index (χ0n) is 16.7. The van der Waals surface area contributed by atoms with Gasteiger partial charge in [0.25, 0.3) is 0 Å². The van der Waals surface area contributed by atoms with E-state index < -0.39 is 34.6 Å². The topological polar surface area (TPSA) is 102 Å². The lowest BCUT2D eigenvalue weighted by molar-refractivity contribution is -0.179. The molecule has 1 fully saturated rings. The van der Waals surface area contributed by atoms with Gasteiger partial charge in [-0.15, -0.1) is 0 Å². The highest BCUT2D eigenvalue weighted by molar-refractivity contribution is 6.10. The van der Waals surface area contributed by atoms with E-state index in [1.165, 1.54) is 7.05 Å². The molecule has 1 aliphatic rings. The van der Waals surface area contributed by atoms with E-state index >= 15 is 0 Å². The van der Waals surface area contributed by atoms with Crippen molar-refractivity contribution in [1.29, 1.82) is 0 Å². The molecule has 1 rings (SSSR count). The molecule has 1 N–H and O–H groups in total. The van der Waals surface area contributed by atoms with Crippen molar-refractivity contribution < 1.29 is 28.7 Å². The normalized spacial score (nSPS) is 21.4. The Morgan fingerprint density at radius 2 is 1.62 bits per heavy atom. The van der Waals surface area contributed by atoms with E-state index in [2.05, 4.69) is 5.32 Å². The van der Waals surface area contributed by atoms with Crippen LogP contribution in [0.15, 0.2) is 0 Å². The lowest BCUT2D eigenvalue weighted by Crippen LogP contribution is -2.56. The van der Waals surface area contributed by atoms with Crippen LogP contribution in [-0.4, -0.2) is 53.6 Å². The van der Waals surface area contributed by atoms with Crippen molar-refractivity contribution in [1.82, 2.24) is 10.2 Å². The van der Waals surface area contributed by atoms with E-state index in [1.807, 2.05) is 0 Å². The van der Waals surface area contributed by atoms with Gasteiger partial charge >= 0.3 is 12.1 Å². The number of nitrogens with one attached hydrogen (secondary N) is 1. The molecular formula is C18H30N2O6. The van der Waals surface area contributed by atoms with Crippen molar-refractivity contribution in [2.45, 2.75) is 72.0 Å². The molecule has 0 spiro atoms. The van der Waals surface area contributed by atoms with Crippen molar-refractivity contribution in [3.8, 4) is 0 Å². The highest BCUT2D eigenvalue weighted by Gasteiger charge is 2.53. The number of amides is 3. The van der Waals surface area contributed by atoms with Gasteiger partial charge in [0, 0.05) is 20.0 Å². The number of carbonyl (C=O) groups excluding carboxylic acids is 4. The summed E-state index contributed by atoms with van der Waals surface area (Å²) in [5, 5.41) is 2.55. The number of alkyl carbamates (subject to hydrolysis) is 1. The first-order valence-corrected chi connectivity index (χ1v) is 8.69. The number of hydrogen-bond acceptors (Lipinski definition) is 6. The van der Waals surface area contributed by atoms with Crippen molar-refractivity contribution in [3.63, 3.8) is 0 Å². The summed E-state index contributed by atoms with van der Waals surface area (Å²) in [6.07, 6.45) is -0.490. The molecule has 0 aromatic heterocycles. The molecular weight excluding hydrogens is 340 g/mol. The molecule has 26 heavy (non-hydrogen) atoms. The third-order valence-electron chi connectivity index (χ3n) is 3.86. The first kappa shape index (κ1) is 21.9. The molecule has 0 aliphatic carbocycles. The first-order chi connectivity index (χ1) is 11.7. The fourth-order valence-electron chi connectivity index (χ4n) is 2.62. The number of rotatable bonds is 4. The minimum Gasteiger partial charge on any atom is -0.459 e. The molecule has 0 aromatic rings. The summed E-state index contributed by atoms with van der Waals surface area (Å²) >= 11 is 0. The highest BCUT2D eigenvalue weighted by atomic mass is 16.6. The van der Waals surface area contributed by atoms with Crippen molar-refractivity contribution in [2.75, 3.05) is 13.6 Å². The second kappa shape index (κ2) is 7.63. The fourth-order valence-corrected chi connectivity index (χ4v) is 2.62. The molecule has 3 amide bonds. The van der Waals surface area contributed by atoms with Gasteiger partial charge in [-0.05, 0) is 54.4 Å². The molecule has 1 heterocycles. The minimum atomic E-state index is -1.50. The molecule has 1 saturated heterocycles. The number of imide groups is 1. The van der Waals surface area contributed by atoms with Crippen LogP contribution < -0.4 is 5.32 Å². The van der Waals surface area contributed by atoms with Gasteiger partial charge in [0.2, 0.25) is 11.8 Å². The van der Waals surface area contributed by atoms with Gasteiger partial charge in [-0.3, -0.25) is 19.3 Å². The Labute approximate surface area is 154 Å². The first-order valence-electron chi connectivity index (χ1n) is 8.69. The summed E-state index contributed by atoms with van der Waals surface area (Å²) < 4.78 is 10.6. The largest absolute Gasteiger partial charge is 0.459 e. The Morgan fingerprint density at radius 1 is 1.08 bits per heavy atom. The van der Waals surface area contributed by atoms with E-state index in [4.69, 9.17) is 9.47 Å². The van der Waals surface area contributed by atoms with Gasteiger partial charge in [-0.25, -0.2) is 4.79 Å². The van der Waals surface area contributed by atoms with Crippen LogP contribution in [0.3, 0.4) is 0 Å². The molecule has 0 radical (unpaired) electrons. The van der Waals surface area contributed by atoms with Crippen LogP contribution in [0.5, 0.6) is 0 Å². The van der Waals surface area contributed by atoms with Crippen LogP contribution in [0, 0.1) is 5.41 Å². The third-order valence-corrected chi connectivity index (χ3v) is 3.86. The Balaban J connectivity index is 2.92. The zero-order chi connectivity index (χ0) is 20.3. The van der Waals surface area contributed by atoms with Gasteiger partial charge in [0.15, 0.2) is 0 Å². The second-order valence-corrected chi connectivity index (χ2v) is 8.52. The maximum absolute atomic E-state index is 12.8. The molecule has 0 saturated carbocycles. The van der Waals surface area contributed by atoms with E-state index in [0.717, 1.165) is 4.90 Å². The molecule has 148 valence electrons. The number of ether oxygens (including phenoxy) is 2. The Hall–Kier alpha value is -2.12. The monoisotopic (exact) mass is 370 g/mol. The molecule has 1 aliphatic heterocycles. The standard InChI is InChI=1S/C18H30N2O6/c1-16(2,3)25-14(23)18(9-8-12(21)20(7)13(18)22)10-11-19-15(24)26-17(4,5)6/h8-11H2,1-7H3,(H,19,24)/t18-/m0/s1.